The molecule has 0 unspecified atom stereocenters. The molecular weight excluding hydrogens is 364 g/mol. The van der Waals surface area contributed by atoms with Gasteiger partial charge in [-0.15, -0.1) is 0 Å². The molecular formula is C19H14N4O3S. The molecule has 8 heteroatoms. The largest absolute Gasteiger partial charge is 0.507 e. The number of carbonyl (C=O) groups excluding carboxylic acids is 1. The van der Waals surface area contributed by atoms with E-state index in [1.54, 1.807) is 24.3 Å². The summed E-state index contributed by atoms with van der Waals surface area (Å²) in [6, 6.07) is 17.5. The van der Waals surface area contributed by atoms with Gasteiger partial charge in [0.2, 0.25) is 0 Å². The number of benzene rings is 2. The van der Waals surface area contributed by atoms with Crippen molar-refractivity contribution in [1.29, 1.82) is 0 Å². The molecule has 4 rings (SSSR count). The van der Waals surface area contributed by atoms with Crippen LogP contribution in [0.15, 0.2) is 80.4 Å². The molecule has 0 spiro atoms. The highest BCUT2D eigenvalue weighted by atomic mass is 32.2. The number of hydrogen-bond donors (Lipinski definition) is 3. The van der Waals surface area contributed by atoms with E-state index in [0.29, 0.717) is 10.9 Å². The van der Waals surface area contributed by atoms with Gasteiger partial charge >= 0.3 is 0 Å². The lowest BCUT2D eigenvalue weighted by atomic mass is 10.2. The van der Waals surface area contributed by atoms with E-state index in [1.165, 1.54) is 30.1 Å². The predicted octanol–water partition coefficient (Wildman–Crippen LogP) is 3.78. The fourth-order valence-electron chi connectivity index (χ4n) is 2.41. The molecule has 0 saturated heterocycles. The summed E-state index contributed by atoms with van der Waals surface area (Å²) in [6.45, 7) is 0. The highest BCUT2D eigenvalue weighted by Gasteiger charge is 2.09. The summed E-state index contributed by atoms with van der Waals surface area (Å²) in [5, 5.41) is 14.9. The van der Waals surface area contributed by atoms with Crippen LogP contribution >= 0.6 is 11.8 Å². The van der Waals surface area contributed by atoms with Gasteiger partial charge in [-0.2, -0.15) is 5.10 Å². The zero-order valence-corrected chi connectivity index (χ0v) is 14.7. The Morgan fingerprint density at radius 2 is 1.96 bits per heavy atom. The number of aromatic amines is 1. The minimum absolute atomic E-state index is 0.104. The standard InChI is InChI=1S/C19H14N4O3S/c24-16-8-4-1-5-13(16)18(25)23-20-11-12-9-10-17(26-12)27-19-21-14-6-2-3-7-15(14)22-19/h1-11,24H,(H,21,22)(H,23,25)/b20-11-. The van der Waals surface area contributed by atoms with Crippen molar-refractivity contribution >= 4 is 34.9 Å². The summed E-state index contributed by atoms with van der Waals surface area (Å²) in [4.78, 5) is 19.6. The van der Waals surface area contributed by atoms with Crippen molar-refractivity contribution < 1.29 is 14.3 Å². The van der Waals surface area contributed by atoms with Gasteiger partial charge in [0.1, 0.15) is 11.5 Å². The zero-order valence-electron chi connectivity index (χ0n) is 13.9. The van der Waals surface area contributed by atoms with Gasteiger partial charge in [-0.25, -0.2) is 10.4 Å². The third-order valence-electron chi connectivity index (χ3n) is 3.67. The predicted molar refractivity (Wildman–Crippen MR) is 102 cm³/mol. The lowest BCUT2D eigenvalue weighted by Gasteiger charge is -2.01. The third kappa shape index (κ3) is 3.85. The second-order valence-corrected chi connectivity index (χ2v) is 6.53. The lowest BCUT2D eigenvalue weighted by molar-refractivity contribution is 0.0952. The quantitative estimate of drug-likeness (QED) is 0.362. The van der Waals surface area contributed by atoms with Crippen LogP contribution in [0.3, 0.4) is 0 Å². The number of furan rings is 1. The fraction of sp³-hybridized carbons (Fsp3) is 0. The highest BCUT2D eigenvalue weighted by Crippen LogP contribution is 2.28. The molecule has 1 amide bonds. The van der Waals surface area contributed by atoms with Crippen molar-refractivity contribution in [3.8, 4) is 5.75 Å². The average molecular weight is 378 g/mol. The summed E-state index contributed by atoms with van der Waals surface area (Å²) in [5.41, 5.74) is 4.35. The number of phenols is 1. The van der Waals surface area contributed by atoms with Crippen LogP contribution < -0.4 is 5.43 Å². The van der Waals surface area contributed by atoms with Crippen molar-refractivity contribution in [3.63, 3.8) is 0 Å². The number of amides is 1. The van der Waals surface area contributed by atoms with E-state index in [4.69, 9.17) is 4.42 Å². The number of fused-ring (bicyclic) bond motifs is 1. The van der Waals surface area contributed by atoms with Gasteiger partial charge < -0.3 is 14.5 Å². The number of imidazole rings is 1. The average Bonchev–Trinajstić information content (AvgIpc) is 3.28. The summed E-state index contributed by atoms with van der Waals surface area (Å²) < 4.78 is 5.65. The summed E-state index contributed by atoms with van der Waals surface area (Å²) in [5.74, 6) is -0.133. The number of hydrogen-bond acceptors (Lipinski definition) is 6. The van der Waals surface area contributed by atoms with E-state index in [0.717, 1.165) is 16.2 Å². The molecule has 3 N–H and O–H groups in total. The van der Waals surface area contributed by atoms with Crippen LogP contribution in [-0.2, 0) is 0 Å². The van der Waals surface area contributed by atoms with Crippen molar-refractivity contribution in [3.05, 3.63) is 72.0 Å². The number of hydrazone groups is 1. The van der Waals surface area contributed by atoms with Crippen LogP contribution in [0.5, 0.6) is 5.75 Å². The van der Waals surface area contributed by atoms with E-state index in [9.17, 15) is 9.90 Å². The van der Waals surface area contributed by atoms with Crippen molar-refractivity contribution in [1.82, 2.24) is 15.4 Å². The lowest BCUT2D eigenvalue weighted by Crippen LogP contribution is -2.17. The van der Waals surface area contributed by atoms with Crippen LogP contribution in [0.4, 0.5) is 0 Å². The fourth-order valence-corrected chi connectivity index (χ4v) is 3.18. The Labute approximate surface area is 158 Å². The number of nitrogens with zero attached hydrogens (tertiary/aromatic N) is 2. The van der Waals surface area contributed by atoms with Crippen LogP contribution in [0.2, 0.25) is 0 Å². The molecule has 2 aromatic heterocycles. The van der Waals surface area contributed by atoms with Gasteiger partial charge in [0, 0.05) is 0 Å². The Balaban J connectivity index is 1.39. The van der Waals surface area contributed by atoms with Crippen molar-refractivity contribution in [2.24, 2.45) is 5.10 Å². The topological polar surface area (TPSA) is 104 Å². The molecule has 7 nitrogen and oxygen atoms in total. The molecule has 0 fully saturated rings. The first-order valence-corrected chi connectivity index (χ1v) is 8.84. The monoisotopic (exact) mass is 378 g/mol. The Bertz CT molecular complexity index is 1100. The maximum absolute atomic E-state index is 12.0. The number of aromatic hydroxyl groups is 1. The van der Waals surface area contributed by atoms with Crippen LogP contribution in [0.25, 0.3) is 11.0 Å². The first kappa shape index (κ1) is 16.9. The molecule has 0 aliphatic rings. The van der Waals surface area contributed by atoms with Crippen LogP contribution in [0, 0.1) is 0 Å². The summed E-state index contributed by atoms with van der Waals surface area (Å²) in [6.07, 6.45) is 1.39. The SMILES string of the molecule is O=C(N/N=C\c1ccc(Sc2nc3ccccc3[nH]2)o1)c1ccccc1O. The molecule has 0 bridgehead atoms. The molecule has 4 aromatic rings. The van der Waals surface area contributed by atoms with E-state index in [2.05, 4.69) is 20.5 Å². The number of aromatic nitrogens is 2. The van der Waals surface area contributed by atoms with Gasteiger partial charge in [-0.05, 0) is 48.2 Å². The summed E-state index contributed by atoms with van der Waals surface area (Å²) in [7, 11) is 0. The van der Waals surface area contributed by atoms with Gasteiger partial charge in [0.15, 0.2) is 10.2 Å². The van der Waals surface area contributed by atoms with Gasteiger partial charge in [0.05, 0.1) is 22.8 Å². The zero-order chi connectivity index (χ0) is 18.6. The highest BCUT2D eigenvalue weighted by molar-refractivity contribution is 7.99. The van der Waals surface area contributed by atoms with Crippen molar-refractivity contribution in [2.75, 3.05) is 0 Å². The molecule has 134 valence electrons. The second kappa shape index (κ2) is 7.38. The van der Waals surface area contributed by atoms with E-state index in [-0.39, 0.29) is 11.3 Å². The number of H-pyrrole nitrogens is 1. The molecule has 2 aromatic carbocycles. The molecule has 0 aliphatic carbocycles. The Hall–Kier alpha value is -3.52. The Kier molecular flexibility index (Phi) is 4.63. The molecule has 0 aliphatic heterocycles. The van der Waals surface area contributed by atoms with E-state index in [1.807, 2.05) is 24.3 Å². The normalized spacial score (nSPS) is 11.3. The number of phenolic OH excluding ortho intramolecular Hbond substituents is 1. The van der Waals surface area contributed by atoms with Crippen LogP contribution in [-0.4, -0.2) is 27.2 Å². The number of nitrogens with one attached hydrogen (secondary N) is 2. The van der Waals surface area contributed by atoms with Gasteiger partial charge in [-0.1, -0.05) is 24.3 Å². The maximum Gasteiger partial charge on any atom is 0.275 e. The third-order valence-corrected chi connectivity index (χ3v) is 4.48. The Morgan fingerprint density at radius 1 is 1.15 bits per heavy atom. The first-order chi connectivity index (χ1) is 13.2. The molecule has 0 atom stereocenters. The van der Waals surface area contributed by atoms with Gasteiger partial charge in [-0.3, -0.25) is 4.79 Å². The van der Waals surface area contributed by atoms with E-state index >= 15 is 0 Å². The van der Waals surface area contributed by atoms with Crippen molar-refractivity contribution in [2.45, 2.75) is 10.2 Å². The first-order valence-electron chi connectivity index (χ1n) is 8.03. The smallest absolute Gasteiger partial charge is 0.275 e. The van der Waals surface area contributed by atoms with Gasteiger partial charge in [0.25, 0.3) is 5.91 Å². The maximum atomic E-state index is 12.0. The minimum atomic E-state index is -0.507. The minimum Gasteiger partial charge on any atom is -0.507 e. The van der Waals surface area contributed by atoms with E-state index < -0.39 is 5.91 Å². The van der Waals surface area contributed by atoms with Crippen LogP contribution in [0.1, 0.15) is 16.1 Å². The molecule has 0 radical (unpaired) electrons. The number of rotatable bonds is 5. The number of para-hydroxylation sites is 3. The second-order valence-electron chi connectivity index (χ2n) is 5.53. The molecule has 27 heavy (non-hydrogen) atoms. The number of carbonyl (C=O) groups is 1. The Morgan fingerprint density at radius 3 is 2.81 bits per heavy atom. The summed E-state index contributed by atoms with van der Waals surface area (Å²) >= 11 is 1.36. The molecule has 2 heterocycles. The molecule has 0 saturated carbocycles.